The maximum atomic E-state index is 12.0. The van der Waals surface area contributed by atoms with E-state index in [-0.39, 0.29) is 0 Å². The van der Waals surface area contributed by atoms with Gasteiger partial charge in [-0.1, -0.05) is 0 Å². The third-order valence-corrected chi connectivity index (χ3v) is 6.80. The van der Waals surface area contributed by atoms with Gasteiger partial charge in [-0.05, 0) is 35.5 Å². The molecular formula is C18H25N7O2S. The Morgan fingerprint density at radius 3 is 2.43 bits per heavy atom. The molecule has 0 unspecified atom stereocenters. The van der Waals surface area contributed by atoms with Crippen molar-refractivity contribution in [2.24, 2.45) is 5.92 Å². The molecule has 2 aromatic heterocycles. The molecule has 1 atom stereocenters. The Bertz CT molecular complexity index is 854. The first-order valence-electron chi connectivity index (χ1n) is 10.1. The average molecular weight is 404 g/mol. The van der Waals surface area contributed by atoms with Crippen LogP contribution in [0.2, 0.25) is 0 Å². The summed E-state index contributed by atoms with van der Waals surface area (Å²) < 4.78 is 4.86. The fourth-order valence-corrected chi connectivity index (χ4v) is 5.34. The summed E-state index contributed by atoms with van der Waals surface area (Å²) in [6.45, 7) is 5.52. The molecule has 0 saturated carbocycles. The molecule has 0 aromatic carbocycles. The molecule has 9 nitrogen and oxygen atoms in total. The second-order valence-corrected chi connectivity index (χ2v) is 9.00. The lowest BCUT2D eigenvalue weighted by Gasteiger charge is -2.37. The van der Waals surface area contributed by atoms with E-state index in [9.17, 15) is 4.79 Å². The summed E-state index contributed by atoms with van der Waals surface area (Å²) in [5.74, 6) is 4.73. The van der Waals surface area contributed by atoms with Crippen LogP contribution in [0.25, 0.3) is 11.3 Å². The number of piperidine rings is 1. The molecule has 1 amide bonds. The highest BCUT2D eigenvalue weighted by molar-refractivity contribution is 7.99. The Morgan fingerprint density at radius 1 is 0.964 bits per heavy atom. The van der Waals surface area contributed by atoms with Gasteiger partial charge in [0.05, 0.1) is 0 Å². The number of likely N-dealkylation sites (tertiary alicyclic amines) is 1. The van der Waals surface area contributed by atoms with Crippen molar-refractivity contribution >= 4 is 40.6 Å². The lowest BCUT2D eigenvalue weighted by atomic mass is 9.97. The maximum absolute atomic E-state index is 12.0. The first-order chi connectivity index (χ1) is 13.8. The van der Waals surface area contributed by atoms with Crippen LogP contribution in [-0.2, 0) is 4.79 Å². The molecule has 2 aromatic rings. The zero-order chi connectivity index (χ0) is 18.9. The molecular weight excluding hydrogens is 378 g/mol. The van der Waals surface area contributed by atoms with Gasteiger partial charge in [-0.15, -0.1) is 0 Å². The van der Waals surface area contributed by atoms with Crippen LogP contribution < -0.4 is 9.80 Å². The minimum Gasteiger partial charge on any atom is -0.353 e. The largest absolute Gasteiger partial charge is 0.353 e. The summed E-state index contributed by atoms with van der Waals surface area (Å²) in [6, 6.07) is 0. The molecule has 3 aliphatic rings. The Balaban J connectivity index is 1.41. The molecule has 0 spiro atoms. The lowest BCUT2D eigenvalue weighted by Crippen LogP contribution is -2.43. The van der Waals surface area contributed by atoms with Crippen LogP contribution in [0.5, 0.6) is 0 Å². The van der Waals surface area contributed by atoms with E-state index >= 15 is 0 Å². The number of carbonyl (C=O) groups is 1. The molecule has 5 heterocycles. The zero-order valence-corrected chi connectivity index (χ0v) is 16.7. The molecule has 3 fully saturated rings. The Kier molecular flexibility index (Phi) is 4.96. The molecule has 0 aliphatic carbocycles. The van der Waals surface area contributed by atoms with Gasteiger partial charge in [0.1, 0.15) is 0 Å². The highest BCUT2D eigenvalue weighted by Gasteiger charge is 2.30. The maximum Gasteiger partial charge on any atom is 0.245 e. The third kappa shape index (κ3) is 3.49. The summed E-state index contributed by atoms with van der Waals surface area (Å²) in [7, 11) is 0. The van der Waals surface area contributed by atoms with Crippen molar-refractivity contribution in [2.45, 2.75) is 25.7 Å². The van der Waals surface area contributed by atoms with Crippen LogP contribution in [0.1, 0.15) is 25.7 Å². The van der Waals surface area contributed by atoms with Crippen LogP contribution >= 0.6 is 11.8 Å². The van der Waals surface area contributed by atoms with Crippen LogP contribution in [-0.4, -0.2) is 81.9 Å². The van der Waals surface area contributed by atoms with Crippen LogP contribution in [0, 0.1) is 5.92 Å². The smallest absolute Gasteiger partial charge is 0.245 e. The molecule has 0 bridgehead atoms. The van der Waals surface area contributed by atoms with Gasteiger partial charge >= 0.3 is 0 Å². The molecule has 5 rings (SSSR count). The van der Waals surface area contributed by atoms with Crippen molar-refractivity contribution in [1.29, 1.82) is 0 Å². The van der Waals surface area contributed by atoms with Crippen molar-refractivity contribution in [3.05, 3.63) is 0 Å². The first kappa shape index (κ1) is 18.0. The lowest BCUT2D eigenvalue weighted by molar-refractivity contribution is -0.128. The molecule has 0 radical (unpaired) electrons. The number of amides is 1. The van der Waals surface area contributed by atoms with Gasteiger partial charge in [0.15, 0.2) is 11.6 Å². The highest BCUT2D eigenvalue weighted by Crippen LogP contribution is 2.32. The minimum absolute atomic E-state index is 0.304. The number of anilines is 2. The van der Waals surface area contributed by atoms with E-state index in [1.165, 1.54) is 0 Å². The van der Waals surface area contributed by atoms with Gasteiger partial charge in [0, 0.05) is 57.2 Å². The van der Waals surface area contributed by atoms with Gasteiger partial charge in [0.25, 0.3) is 0 Å². The SMILES string of the molecule is O=C1CCCN1C[C@@H]1CCCN(c2nc3nonc3nc2N2CCSCC2)C1. The van der Waals surface area contributed by atoms with Crippen LogP contribution in [0.3, 0.4) is 0 Å². The van der Waals surface area contributed by atoms with Crippen molar-refractivity contribution in [3.8, 4) is 0 Å². The van der Waals surface area contributed by atoms with Gasteiger partial charge in [-0.3, -0.25) is 4.79 Å². The Hall–Kier alpha value is -2.10. The van der Waals surface area contributed by atoms with Crippen molar-refractivity contribution in [2.75, 3.05) is 60.6 Å². The van der Waals surface area contributed by atoms with Gasteiger partial charge in [-0.25, -0.2) is 14.6 Å². The number of hydrogen-bond acceptors (Lipinski definition) is 9. The van der Waals surface area contributed by atoms with E-state index in [0.29, 0.717) is 29.5 Å². The van der Waals surface area contributed by atoms with Gasteiger partial charge in [0.2, 0.25) is 17.2 Å². The average Bonchev–Trinajstić information content (AvgIpc) is 3.36. The number of carbonyl (C=O) groups excluding carboxylic acids is 1. The first-order valence-corrected chi connectivity index (χ1v) is 11.3. The normalized spacial score (nSPS) is 23.8. The van der Waals surface area contributed by atoms with Crippen LogP contribution in [0.15, 0.2) is 4.63 Å². The van der Waals surface area contributed by atoms with Gasteiger partial charge < -0.3 is 14.7 Å². The second-order valence-electron chi connectivity index (χ2n) is 7.78. The number of thioether (sulfide) groups is 1. The van der Waals surface area contributed by atoms with Crippen molar-refractivity contribution in [1.82, 2.24) is 25.2 Å². The highest BCUT2D eigenvalue weighted by atomic mass is 32.2. The Morgan fingerprint density at radius 2 is 1.71 bits per heavy atom. The quantitative estimate of drug-likeness (QED) is 0.751. The number of rotatable bonds is 4. The molecule has 3 saturated heterocycles. The number of nitrogens with zero attached hydrogens (tertiary/aromatic N) is 7. The number of aromatic nitrogens is 4. The summed E-state index contributed by atoms with van der Waals surface area (Å²) in [6.07, 6.45) is 3.94. The van der Waals surface area contributed by atoms with E-state index < -0.39 is 0 Å². The zero-order valence-electron chi connectivity index (χ0n) is 15.9. The van der Waals surface area contributed by atoms with E-state index in [1.807, 2.05) is 16.7 Å². The summed E-state index contributed by atoms with van der Waals surface area (Å²) >= 11 is 1.97. The monoisotopic (exact) mass is 403 g/mol. The van der Waals surface area contributed by atoms with E-state index in [4.69, 9.17) is 14.6 Å². The predicted molar refractivity (Wildman–Crippen MR) is 108 cm³/mol. The van der Waals surface area contributed by atoms with Crippen LogP contribution in [0.4, 0.5) is 11.6 Å². The topological polar surface area (TPSA) is 91.5 Å². The second kappa shape index (κ2) is 7.73. The van der Waals surface area contributed by atoms with E-state index in [2.05, 4.69) is 20.1 Å². The molecule has 3 aliphatic heterocycles. The Labute approximate surface area is 167 Å². The predicted octanol–water partition coefficient (Wildman–Crippen LogP) is 1.40. The molecule has 28 heavy (non-hydrogen) atoms. The van der Waals surface area contributed by atoms with E-state index in [0.717, 1.165) is 81.7 Å². The van der Waals surface area contributed by atoms with Crippen molar-refractivity contribution in [3.63, 3.8) is 0 Å². The van der Waals surface area contributed by atoms with Gasteiger partial charge in [-0.2, -0.15) is 11.8 Å². The molecule has 150 valence electrons. The minimum atomic E-state index is 0.304. The molecule has 0 N–H and O–H groups in total. The third-order valence-electron chi connectivity index (χ3n) is 5.86. The number of fused-ring (bicyclic) bond motifs is 1. The van der Waals surface area contributed by atoms with E-state index in [1.54, 1.807) is 0 Å². The summed E-state index contributed by atoms with van der Waals surface area (Å²) in [5.41, 5.74) is 0.926. The van der Waals surface area contributed by atoms with Crippen molar-refractivity contribution < 1.29 is 9.42 Å². The fourth-order valence-electron chi connectivity index (χ4n) is 4.44. The summed E-state index contributed by atoms with van der Waals surface area (Å²) in [5, 5.41) is 7.81. The molecule has 10 heteroatoms. The summed E-state index contributed by atoms with van der Waals surface area (Å²) in [4.78, 5) is 28.2. The standard InChI is InChI=1S/C18H25N7O2S/c26-14-4-2-5-24(14)11-13-3-1-6-25(12-13)18-17(23-7-9-28-10-8-23)19-15-16(20-18)22-27-21-15/h13H,1-12H2/t13-/m0/s1. The number of hydrogen-bond donors (Lipinski definition) is 0. The fraction of sp³-hybridized carbons (Fsp3) is 0.722.